The standard InChI is InChI=1S/C58H104N2O6/c1-6-10-14-25-35-51(33-12-8-3)47-56(61)64-45-31-22-18-16-20-29-39-55(60(49-53-41-43-59(5)44-42-53)58(63)66-50-54-37-27-24-28-38-54)40-30-21-17-19-23-32-46-65-57(62)48-52(34-13-9-4)36-26-15-11-7-2/h24,27-28,37-38,51-53,55H,6-23,25-26,29-36,39-50H2,1-5H3. The summed E-state index contributed by atoms with van der Waals surface area (Å²) in [7, 11) is 2.20. The summed E-state index contributed by atoms with van der Waals surface area (Å²) in [6.07, 6.45) is 37.8. The molecule has 1 aliphatic heterocycles. The molecule has 0 spiro atoms. The number of unbranched alkanes of at least 4 members (excludes halogenated alkanes) is 18. The van der Waals surface area contributed by atoms with Crippen LogP contribution in [0.25, 0.3) is 0 Å². The van der Waals surface area contributed by atoms with E-state index in [1.165, 1.54) is 89.9 Å². The molecule has 8 nitrogen and oxygen atoms in total. The SMILES string of the molecule is CCCCCCC(CCCC)CC(=O)OCCCCCCCCC(CCCCCCCCOC(=O)CC(CCCC)CCCCCC)N(CC1CCN(C)CC1)C(=O)OCc1ccccc1. The van der Waals surface area contributed by atoms with Crippen LogP contribution in [0.5, 0.6) is 0 Å². The van der Waals surface area contributed by atoms with E-state index in [4.69, 9.17) is 14.2 Å². The number of amides is 1. The van der Waals surface area contributed by atoms with Gasteiger partial charge in [-0.2, -0.15) is 0 Å². The van der Waals surface area contributed by atoms with Gasteiger partial charge < -0.3 is 24.0 Å². The molecule has 2 rings (SSSR count). The first kappa shape index (κ1) is 59.5. The molecular formula is C58H104N2O6. The number of esters is 2. The molecule has 8 heteroatoms. The van der Waals surface area contributed by atoms with E-state index in [2.05, 4.69) is 44.5 Å². The molecule has 0 saturated carbocycles. The largest absolute Gasteiger partial charge is 0.466 e. The molecule has 1 fully saturated rings. The maximum atomic E-state index is 14.0. The molecule has 1 aromatic rings. The van der Waals surface area contributed by atoms with Gasteiger partial charge >= 0.3 is 18.0 Å². The molecule has 382 valence electrons. The van der Waals surface area contributed by atoms with Gasteiger partial charge in [0.05, 0.1) is 13.2 Å². The maximum absolute atomic E-state index is 14.0. The fourth-order valence-electron chi connectivity index (χ4n) is 9.90. The average molecular weight is 925 g/mol. The van der Waals surface area contributed by atoms with E-state index >= 15 is 0 Å². The van der Waals surface area contributed by atoms with Crippen LogP contribution < -0.4 is 0 Å². The molecule has 1 amide bonds. The van der Waals surface area contributed by atoms with Gasteiger partial charge in [0.1, 0.15) is 6.61 Å². The Hall–Kier alpha value is -2.61. The number of rotatable bonds is 43. The minimum atomic E-state index is -0.159. The van der Waals surface area contributed by atoms with Crippen LogP contribution >= 0.6 is 0 Å². The van der Waals surface area contributed by atoms with Crippen LogP contribution in [0.2, 0.25) is 0 Å². The highest BCUT2D eigenvalue weighted by molar-refractivity contribution is 5.70. The summed E-state index contributed by atoms with van der Waals surface area (Å²) in [6, 6.07) is 10.2. The number of benzene rings is 1. The summed E-state index contributed by atoms with van der Waals surface area (Å²) in [6.45, 7) is 13.3. The van der Waals surface area contributed by atoms with Gasteiger partial charge in [-0.1, -0.05) is 199 Å². The number of carbonyl (C=O) groups excluding carboxylic acids is 3. The second-order valence-electron chi connectivity index (χ2n) is 20.5. The predicted molar refractivity (Wildman–Crippen MR) is 277 cm³/mol. The molecule has 1 aromatic carbocycles. The highest BCUT2D eigenvalue weighted by Gasteiger charge is 2.29. The molecule has 1 saturated heterocycles. The van der Waals surface area contributed by atoms with Crippen molar-refractivity contribution in [3.63, 3.8) is 0 Å². The molecule has 0 aromatic heterocycles. The predicted octanol–water partition coefficient (Wildman–Crippen LogP) is 16.2. The van der Waals surface area contributed by atoms with Crippen LogP contribution in [0.1, 0.15) is 252 Å². The number of ether oxygens (including phenoxy) is 3. The van der Waals surface area contributed by atoms with Crippen LogP contribution in [0.15, 0.2) is 30.3 Å². The van der Waals surface area contributed by atoms with Gasteiger partial charge in [0.15, 0.2) is 0 Å². The molecule has 1 heterocycles. The van der Waals surface area contributed by atoms with Gasteiger partial charge in [-0.3, -0.25) is 9.59 Å². The quantitative estimate of drug-likeness (QED) is 0.0366. The number of nitrogens with zero attached hydrogens (tertiary/aromatic N) is 2. The van der Waals surface area contributed by atoms with E-state index < -0.39 is 0 Å². The molecule has 66 heavy (non-hydrogen) atoms. The fraction of sp³-hybridized carbons (Fsp3) is 0.845. The summed E-state index contributed by atoms with van der Waals surface area (Å²) in [4.78, 5) is 44.0. The second-order valence-corrected chi connectivity index (χ2v) is 20.5. The van der Waals surface area contributed by atoms with Crippen LogP contribution in [-0.2, 0) is 30.4 Å². The summed E-state index contributed by atoms with van der Waals surface area (Å²) < 4.78 is 17.5. The number of hydrogen-bond acceptors (Lipinski definition) is 7. The number of carbonyl (C=O) groups is 3. The van der Waals surface area contributed by atoms with Crippen LogP contribution in [0.4, 0.5) is 4.79 Å². The number of likely N-dealkylation sites (tertiary alicyclic amines) is 1. The van der Waals surface area contributed by atoms with E-state index in [0.717, 1.165) is 141 Å². The van der Waals surface area contributed by atoms with E-state index in [-0.39, 0.29) is 24.1 Å². The van der Waals surface area contributed by atoms with Crippen molar-refractivity contribution in [1.29, 1.82) is 0 Å². The summed E-state index contributed by atoms with van der Waals surface area (Å²) in [5.74, 6) is 1.44. The lowest BCUT2D eigenvalue weighted by Crippen LogP contribution is -2.45. The minimum absolute atomic E-state index is 0.00270. The Morgan fingerprint density at radius 2 is 0.939 bits per heavy atom. The van der Waals surface area contributed by atoms with Crippen molar-refractivity contribution in [3.8, 4) is 0 Å². The van der Waals surface area contributed by atoms with Crippen LogP contribution in [0, 0.1) is 17.8 Å². The van der Waals surface area contributed by atoms with E-state index in [1.807, 2.05) is 30.3 Å². The van der Waals surface area contributed by atoms with Crippen molar-refractivity contribution >= 4 is 18.0 Å². The molecule has 0 N–H and O–H groups in total. The number of hydrogen-bond donors (Lipinski definition) is 0. The zero-order valence-electron chi connectivity index (χ0n) is 43.8. The Morgan fingerprint density at radius 1 is 0.530 bits per heavy atom. The molecule has 1 aliphatic rings. The maximum Gasteiger partial charge on any atom is 0.410 e. The third kappa shape index (κ3) is 31.4. The van der Waals surface area contributed by atoms with Gasteiger partial charge in [-0.05, 0) is 108 Å². The second kappa shape index (κ2) is 41.4. The highest BCUT2D eigenvalue weighted by atomic mass is 16.6. The Kier molecular flexibility index (Phi) is 37.3. The molecule has 0 aliphatic carbocycles. The van der Waals surface area contributed by atoms with Crippen LogP contribution in [-0.4, -0.2) is 73.8 Å². The van der Waals surface area contributed by atoms with Gasteiger partial charge in [0.2, 0.25) is 0 Å². The zero-order chi connectivity index (χ0) is 47.7. The molecule has 2 atom stereocenters. The first-order valence-corrected chi connectivity index (χ1v) is 28.3. The van der Waals surface area contributed by atoms with Crippen molar-refractivity contribution < 1.29 is 28.6 Å². The zero-order valence-corrected chi connectivity index (χ0v) is 43.8. The Balaban J connectivity index is 1.85. The van der Waals surface area contributed by atoms with Crippen molar-refractivity contribution in [2.45, 2.75) is 259 Å². The Morgan fingerprint density at radius 3 is 1.41 bits per heavy atom. The molecule has 0 radical (unpaired) electrons. The van der Waals surface area contributed by atoms with Crippen molar-refractivity contribution in [2.75, 3.05) is 39.9 Å². The summed E-state index contributed by atoms with van der Waals surface area (Å²) in [5.41, 5.74) is 1.02. The first-order valence-electron chi connectivity index (χ1n) is 28.3. The lowest BCUT2D eigenvalue weighted by molar-refractivity contribution is -0.146. The van der Waals surface area contributed by atoms with E-state index in [1.54, 1.807) is 0 Å². The lowest BCUT2D eigenvalue weighted by atomic mass is 9.92. The molecule has 0 bridgehead atoms. The third-order valence-electron chi connectivity index (χ3n) is 14.3. The third-order valence-corrected chi connectivity index (χ3v) is 14.3. The van der Waals surface area contributed by atoms with Crippen molar-refractivity contribution in [2.24, 2.45) is 17.8 Å². The van der Waals surface area contributed by atoms with Crippen molar-refractivity contribution in [1.82, 2.24) is 9.80 Å². The van der Waals surface area contributed by atoms with Crippen LogP contribution in [0.3, 0.4) is 0 Å². The van der Waals surface area contributed by atoms with E-state index in [9.17, 15) is 14.4 Å². The summed E-state index contributed by atoms with van der Waals surface area (Å²) >= 11 is 0. The number of piperidine rings is 1. The molecule has 2 unspecified atom stereocenters. The topological polar surface area (TPSA) is 85.4 Å². The minimum Gasteiger partial charge on any atom is -0.466 e. The average Bonchev–Trinajstić information content (AvgIpc) is 3.32. The summed E-state index contributed by atoms with van der Waals surface area (Å²) in [5, 5.41) is 0. The van der Waals surface area contributed by atoms with Crippen molar-refractivity contribution in [3.05, 3.63) is 35.9 Å². The molecular weight excluding hydrogens is 821 g/mol. The normalized spacial score (nSPS) is 14.7. The highest BCUT2D eigenvalue weighted by Crippen LogP contribution is 2.26. The van der Waals surface area contributed by atoms with Gasteiger partial charge in [0.25, 0.3) is 0 Å². The van der Waals surface area contributed by atoms with E-state index in [0.29, 0.717) is 50.4 Å². The Labute approximate surface area is 407 Å². The lowest BCUT2D eigenvalue weighted by Gasteiger charge is -2.37. The first-order chi connectivity index (χ1) is 32.3. The van der Waals surface area contributed by atoms with Gasteiger partial charge in [0, 0.05) is 25.4 Å². The smallest absolute Gasteiger partial charge is 0.410 e. The monoisotopic (exact) mass is 925 g/mol. The fourth-order valence-corrected chi connectivity index (χ4v) is 9.90. The Bertz CT molecular complexity index is 1230. The van der Waals surface area contributed by atoms with Gasteiger partial charge in [-0.15, -0.1) is 0 Å². The van der Waals surface area contributed by atoms with Gasteiger partial charge in [-0.25, -0.2) is 4.79 Å².